The van der Waals surface area contributed by atoms with Gasteiger partial charge in [0.15, 0.2) is 0 Å². The molecule has 0 aliphatic carbocycles. The Hall–Kier alpha value is -0.630. The van der Waals surface area contributed by atoms with Crippen LogP contribution in [-0.2, 0) is 21.4 Å². The molecule has 8 heteroatoms. The summed E-state index contributed by atoms with van der Waals surface area (Å²) in [7, 11) is -3.33. The van der Waals surface area contributed by atoms with Crippen LogP contribution in [0.2, 0.25) is 4.34 Å². The number of hydrogen-bond acceptors (Lipinski definition) is 4. The van der Waals surface area contributed by atoms with E-state index in [1.807, 2.05) is 6.07 Å². The molecule has 1 aromatic rings. The molecule has 0 aromatic carbocycles. The SMILES string of the molecule is CCN(CC(=O)NCc1ccc(Cl)s1)S(C)(=O)=O. The predicted octanol–water partition coefficient (Wildman–Crippen LogP) is 1.30. The Morgan fingerprint density at radius 3 is 2.61 bits per heavy atom. The number of carbonyl (C=O) groups is 1. The lowest BCUT2D eigenvalue weighted by molar-refractivity contribution is -0.121. The van der Waals surface area contributed by atoms with E-state index in [0.717, 1.165) is 15.4 Å². The van der Waals surface area contributed by atoms with Crippen LogP contribution in [0.1, 0.15) is 11.8 Å². The van der Waals surface area contributed by atoms with Gasteiger partial charge in [0.1, 0.15) is 0 Å². The Morgan fingerprint density at radius 1 is 1.50 bits per heavy atom. The maximum absolute atomic E-state index is 11.6. The fourth-order valence-electron chi connectivity index (χ4n) is 1.31. The smallest absolute Gasteiger partial charge is 0.235 e. The summed E-state index contributed by atoms with van der Waals surface area (Å²) in [6, 6.07) is 3.57. The number of carbonyl (C=O) groups excluding carboxylic acids is 1. The van der Waals surface area contributed by atoms with Crippen LogP contribution in [0.4, 0.5) is 0 Å². The van der Waals surface area contributed by atoms with E-state index in [4.69, 9.17) is 11.6 Å². The summed E-state index contributed by atoms with van der Waals surface area (Å²) in [4.78, 5) is 12.5. The zero-order valence-electron chi connectivity index (χ0n) is 10.1. The molecule has 0 fully saturated rings. The van der Waals surface area contributed by atoms with E-state index >= 15 is 0 Å². The van der Waals surface area contributed by atoms with Crippen LogP contribution >= 0.6 is 22.9 Å². The molecule has 1 rings (SSSR count). The van der Waals surface area contributed by atoms with Gasteiger partial charge < -0.3 is 5.32 Å². The molecule has 0 unspecified atom stereocenters. The number of sulfonamides is 1. The Bertz CT molecular complexity index is 513. The van der Waals surface area contributed by atoms with Gasteiger partial charge in [-0.15, -0.1) is 11.3 Å². The van der Waals surface area contributed by atoms with Gasteiger partial charge >= 0.3 is 0 Å². The van der Waals surface area contributed by atoms with Crippen molar-refractivity contribution in [2.45, 2.75) is 13.5 Å². The zero-order valence-corrected chi connectivity index (χ0v) is 12.5. The first-order valence-electron chi connectivity index (χ1n) is 5.29. The molecule has 0 aliphatic heterocycles. The number of thiophene rings is 1. The second kappa shape index (κ2) is 6.51. The minimum atomic E-state index is -3.33. The minimum Gasteiger partial charge on any atom is -0.350 e. The lowest BCUT2D eigenvalue weighted by Crippen LogP contribution is -2.39. The van der Waals surface area contributed by atoms with E-state index in [-0.39, 0.29) is 19.0 Å². The summed E-state index contributed by atoms with van der Waals surface area (Å²) in [6.45, 7) is 2.16. The average Bonchev–Trinajstić information content (AvgIpc) is 2.67. The monoisotopic (exact) mass is 310 g/mol. The van der Waals surface area contributed by atoms with Crippen LogP contribution in [-0.4, -0.2) is 38.0 Å². The molecule has 102 valence electrons. The van der Waals surface area contributed by atoms with Crippen LogP contribution in [0.3, 0.4) is 0 Å². The Kier molecular flexibility index (Phi) is 5.58. The van der Waals surface area contributed by atoms with E-state index in [9.17, 15) is 13.2 Å². The van der Waals surface area contributed by atoms with Gasteiger partial charge in [-0.3, -0.25) is 4.79 Å². The normalized spacial score (nSPS) is 11.8. The highest BCUT2D eigenvalue weighted by Crippen LogP contribution is 2.20. The number of likely N-dealkylation sites (N-methyl/N-ethyl adjacent to an activating group) is 1. The Balaban J connectivity index is 2.46. The van der Waals surface area contributed by atoms with Crippen LogP contribution in [0.5, 0.6) is 0 Å². The first-order valence-corrected chi connectivity index (χ1v) is 8.33. The largest absolute Gasteiger partial charge is 0.350 e. The third-order valence-electron chi connectivity index (χ3n) is 2.23. The van der Waals surface area contributed by atoms with E-state index in [1.165, 1.54) is 11.3 Å². The molecule has 0 spiro atoms. The zero-order chi connectivity index (χ0) is 13.8. The molecular formula is C10H15ClN2O3S2. The molecular weight excluding hydrogens is 296 g/mol. The van der Waals surface area contributed by atoms with Crippen LogP contribution in [0, 0.1) is 0 Å². The maximum Gasteiger partial charge on any atom is 0.235 e. The molecule has 0 saturated carbocycles. The summed E-state index contributed by atoms with van der Waals surface area (Å²) >= 11 is 7.14. The second-order valence-electron chi connectivity index (χ2n) is 3.67. The minimum absolute atomic E-state index is 0.158. The number of hydrogen-bond donors (Lipinski definition) is 1. The number of amides is 1. The van der Waals surface area contributed by atoms with Gasteiger partial charge in [0.25, 0.3) is 0 Å². The summed E-state index contributed by atoms with van der Waals surface area (Å²) in [5, 5.41) is 2.66. The van der Waals surface area contributed by atoms with Crippen LogP contribution in [0.15, 0.2) is 12.1 Å². The molecule has 1 aromatic heterocycles. The molecule has 1 amide bonds. The van der Waals surface area contributed by atoms with Gasteiger partial charge in [0, 0.05) is 11.4 Å². The second-order valence-corrected chi connectivity index (χ2v) is 7.45. The number of nitrogens with zero attached hydrogens (tertiary/aromatic N) is 1. The van der Waals surface area contributed by atoms with Gasteiger partial charge in [-0.05, 0) is 12.1 Å². The first-order chi connectivity index (χ1) is 8.32. The third-order valence-corrected chi connectivity index (χ3v) is 4.79. The molecule has 5 nitrogen and oxygen atoms in total. The fourth-order valence-corrected chi connectivity index (χ4v) is 3.16. The number of rotatable bonds is 6. The lowest BCUT2D eigenvalue weighted by Gasteiger charge is -2.16. The van der Waals surface area contributed by atoms with Crippen molar-refractivity contribution in [3.05, 3.63) is 21.3 Å². The fraction of sp³-hybridized carbons (Fsp3) is 0.500. The van der Waals surface area contributed by atoms with Crippen molar-refractivity contribution < 1.29 is 13.2 Å². The van der Waals surface area contributed by atoms with Crippen molar-refractivity contribution in [2.75, 3.05) is 19.3 Å². The van der Waals surface area contributed by atoms with Gasteiger partial charge in [0.05, 0.1) is 23.7 Å². The highest BCUT2D eigenvalue weighted by atomic mass is 35.5. The van der Waals surface area contributed by atoms with Gasteiger partial charge in [-0.25, -0.2) is 8.42 Å². The van der Waals surface area contributed by atoms with E-state index < -0.39 is 10.0 Å². The van der Waals surface area contributed by atoms with Crippen LogP contribution < -0.4 is 5.32 Å². The summed E-state index contributed by atoms with van der Waals surface area (Å²) < 4.78 is 24.4. The average molecular weight is 311 g/mol. The van der Waals surface area contributed by atoms with Crippen molar-refractivity contribution in [2.24, 2.45) is 0 Å². The van der Waals surface area contributed by atoms with Crippen molar-refractivity contribution in [1.29, 1.82) is 0 Å². The summed E-state index contributed by atoms with van der Waals surface area (Å²) in [5.41, 5.74) is 0. The molecule has 0 radical (unpaired) electrons. The molecule has 0 saturated heterocycles. The predicted molar refractivity (Wildman–Crippen MR) is 73.3 cm³/mol. The molecule has 0 aliphatic rings. The highest BCUT2D eigenvalue weighted by molar-refractivity contribution is 7.88. The molecule has 1 heterocycles. The molecule has 0 bridgehead atoms. The van der Waals surface area contributed by atoms with E-state index in [1.54, 1.807) is 13.0 Å². The van der Waals surface area contributed by atoms with Gasteiger partial charge in [0.2, 0.25) is 15.9 Å². The summed E-state index contributed by atoms with van der Waals surface area (Å²) in [5.74, 6) is -0.327. The maximum atomic E-state index is 11.6. The van der Waals surface area contributed by atoms with Crippen molar-refractivity contribution in [3.63, 3.8) is 0 Å². The van der Waals surface area contributed by atoms with E-state index in [0.29, 0.717) is 10.9 Å². The number of halogens is 1. The quantitative estimate of drug-likeness (QED) is 0.861. The van der Waals surface area contributed by atoms with Crippen LogP contribution in [0.25, 0.3) is 0 Å². The standard InChI is InChI=1S/C10H15ClN2O3S2/c1-3-13(18(2,15)16)7-10(14)12-6-8-4-5-9(11)17-8/h4-5H,3,6-7H2,1-2H3,(H,12,14). The molecule has 1 N–H and O–H groups in total. The number of nitrogens with one attached hydrogen (secondary N) is 1. The molecule has 18 heavy (non-hydrogen) atoms. The first kappa shape index (κ1) is 15.4. The summed E-state index contributed by atoms with van der Waals surface area (Å²) in [6.07, 6.45) is 1.09. The lowest BCUT2D eigenvalue weighted by atomic mass is 10.4. The third kappa shape index (κ3) is 4.93. The van der Waals surface area contributed by atoms with Gasteiger partial charge in [-0.2, -0.15) is 4.31 Å². The van der Waals surface area contributed by atoms with Crippen molar-refractivity contribution >= 4 is 38.9 Å². The topological polar surface area (TPSA) is 66.5 Å². The Morgan fingerprint density at radius 2 is 2.17 bits per heavy atom. The van der Waals surface area contributed by atoms with E-state index in [2.05, 4.69) is 5.32 Å². The van der Waals surface area contributed by atoms with Crippen molar-refractivity contribution in [1.82, 2.24) is 9.62 Å². The van der Waals surface area contributed by atoms with Crippen molar-refractivity contribution in [3.8, 4) is 0 Å². The highest BCUT2D eigenvalue weighted by Gasteiger charge is 2.17. The molecule has 0 atom stereocenters. The van der Waals surface area contributed by atoms with Gasteiger partial charge in [-0.1, -0.05) is 18.5 Å². The Labute approximate surface area is 116 Å².